The number of carbonyl (C=O) groups excluding carboxylic acids is 2. The Kier molecular flexibility index (Phi) is 10.0. The highest BCUT2D eigenvalue weighted by Gasteiger charge is 2.50. The summed E-state index contributed by atoms with van der Waals surface area (Å²) >= 11 is 0. The lowest BCUT2D eigenvalue weighted by Gasteiger charge is -2.45. The molecule has 0 saturated heterocycles. The van der Waals surface area contributed by atoms with Gasteiger partial charge in [-0.05, 0) is 55.4 Å². The number of para-hydroxylation sites is 4. The SMILES string of the molecule is N#Cc1c(C(=O)c2ccccc2)c(N2c3ccccc3[SiH2]c3ccccc32)c(C(=O)c2ccccc2)c(C#N)c1N1c2ccccc2[Si](c2ccccc2)(c2ccccc2)c2ccccc21. The van der Waals surface area contributed by atoms with Crippen molar-refractivity contribution in [3.05, 3.63) is 252 Å². The topological polar surface area (TPSA) is 88.2 Å². The summed E-state index contributed by atoms with van der Waals surface area (Å²) in [5.41, 5.74) is 4.28. The van der Waals surface area contributed by atoms with Crippen LogP contribution in [0.3, 0.4) is 0 Å². The number of carbonyl (C=O) groups is 2. The fourth-order valence-electron chi connectivity index (χ4n) is 10.3. The highest BCUT2D eigenvalue weighted by molar-refractivity contribution is 7.21. The fourth-order valence-corrected chi connectivity index (χ4v) is 17.2. The summed E-state index contributed by atoms with van der Waals surface area (Å²) in [5, 5.41) is 30.5. The molecule has 0 aromatic heterocycles. The number of hydrogen-bond donors (Lipinski definition) is 0. The van der Waals surface area contributed by atoms with Crippen molar-refractivity contribution in [2.45, 2.75) is 0 Å². The molecule has 0 fully saturated rings. The highest BCUT2D eigenvalue weighted by atomic mass is 28.3. The number of nitriles is 2. The van der Waals surface area contributed by atoms with Crippen LogP contribution in [-0.2, 0) is 0 Å². The molecule has 6 nitrogen and oxygen atoms in total. The minimum Gasteiger partial charge on any atom is -0.309 e. The van der Waals surface area contributed by atoms with Crippen molar-refractivity contribution in [2.75, 3.05) is 9.80 Å². The molecule has 11 rings (SSSR count). The molecule has 310 valence electrons. The maximum atomic E-state index is 15.8. The first-order valence-electron chi connectivity index (χ1n) is 21.9. The monoisotopic (exact) mass is 878 g/mol. The van der Waals surface area contributed by atoms with Crippen LogP contribution in [0.5, 0.6) is 0 Å². The summed E-state index contributed by atoms with van der Waals surface area (Å²) in [5.74, 6) is -0.882. The summed E-state index contributed by atoms with van der Waals surface area (Å²) < 4.78 is 0. The third kappa shape index (κ3) is 6.12. The number of ketones is 2. The van der Waals surface area contributed by atoms with Gasteiger partial charge >= 0.3 is 0 Å². The zero-order chi connectivity index (χ0) is 44.8. The van der Waals surface area contributed by atoms with Crippen molar-refractivity contribution in [3.63, 3.8) is 0 Å². The van der Waals surface area contributed by atoms with Gasteiger partial charge in [-0.25, -0.2) is 0 Å². The third-order valence-corrected chi connectivity index (χ3v) is 19.8. The van der Waals surface area contributed by atoms with Crippen molar-refractivity contribution in [2.24, 2.45) is 0 Å². The largest absolute Gasteiger partial charge is 0.309 e. The Labute approximate surface area is 386 Å². The number of fused-ring (bicyclic) bond motifs is 4. The van der Waals surface area contributed by atoms with Crippen molar-refractivity contribution >= 4 is 94.4 Å². The van der Waals surface area contributed by atoms with Gasteiger partial charge < -0.3 is 9.80 Å². The maximum Gasteiger partial charge on any atom is 0.196 e. The van der Waals surface area contributed by atoms with Gasteiger partial charge in [-0.15, -0.1) is 0 Å². The zero-order valence-electron chi connectivity index (χ0n) is 35.6. The Morgan fingerprint density at radius 2 is 0.727 bits per heavy atom. The second-order valence-corrected chi connectivity index (χ2v) is 22.0. The molecule has 9 aromatic rings. The molecule has 0 amide bonds. The van der Waals surface area contributed by atoms with Crippen LogP contribution in [0.1, 0.15) is 43.0 Å². The minimum absolute atomic E-state index is 0.00371. The van der Waals surface area contributed by atoms with E-state index >= 15 is 9.59 Å². The van der Waals surface area contributed by atoms with Crippen LogP contribution in [0.4, 0.5) is 34.1 Å². The first-order valence-corrected chi connectivity index (χ1v) is 25.3. The molecule has 2 aliphatic rings. The van der Waals surface area contributed by atoms with E-state index in [2.05, 4.69) is 84.9 Å². The standard InChI is InChI=1S/C58H38N4O2Si2/c59-37-43-53(57(63)39-21-5-1-6-22-39)56(61-45-29-13-17-33-49(45)65-50-34-18-14-30-46(50)61)54(58(64)40-23-7-2-8-24-40)44(38-60)55(43)62-47-31-15-19-35-51(47)66(41-25-9-3-10-26-41,42-27-11-4-12-28-42)52-36-20-16-32-48(52)62/h1-36H,65H2. The van der Waals surface area contributed by atoms with E-state index in [1.807, 2.05) is 107 Å². The number of benzene rings is 9. The normalized spacial score (nSPS) is 12.9. The predicted molar refractivity (Wildman–Crippen MR) is 270 cm³/mol. The molecule has 0 atom stereocenters. The smallest absolute Gasteiger partial charge is 0.196 e. The van der Waals surface area contributed by atoms with E-state index in [9.17, 15) is 10.5 Å². The van der Waals surface area contributed by atoms with Crippen LogP contribution < -0.4 is 40.9 Å². The quantitative estimate of drug-likeness (QED) is 0.114. The molecule has 0 radical (unpaired) electrons. The summed E-state index contributed by atoms with van der Waals surface area (Å²) in [6, 6.07) is 76.6. The Hall–Kier alpha value is -8.67. The van der Waals surface area contributed by atoms with E-state index in [4.69, 9.17) is 0 Å². The molecule has 2 heterocycles. The van der Waals surface area contributed by atoms with Crippen molar-refractivity contribution in [1.82, 2.24) is 0 Å². The molecular weight excluding hydrogens is 841 g/mol. The van der Waals surface area contributed by atoms with Gasteiger partial charge in [-0.2, -0.15) is 10.5 Å². The Bertz CT molecular complexity index is 3250. The molecule has 66 heavy (non-hydrogen) atoms. The first-order chi connectivity index (χ1) is 32.6. The lowest BCUT2D eigenvalue weighted by Crippen LogP contribution is -2.77. The second-order valence-electron chi connectivity index (χ2n) is 16.4. The van der Waals surface area contributed by atoms with Crippen LogP contribution in [0.2, 0.25) is 0 Å². The molecule has 0 spiro atoms. The van der Waals surface area contributed by atoms with Gasteiger partial charge in [0.05, 0.1) is 43.1 Å². The maximum absolute atomic E-state index is 15.8. The lowest BCUT2D eigenvalue weighted by molar-refractivity contribution is 0.103. The average molecular weight is 879 g/mol. The summed E-state index contributed by atoms with van der Waals surface area (Å²) in [4.78, 5) is 35.7. The summed E-state index contributed by atoms with van der Waals surface area (Å²) in [7, 11) is -4.16. The van der Waals surface area contributed by atoms with Gasteiger partial charge in [0.1, 0.15) is 12.1 Å². The van der Waals surface area contributed by atoms with Crippen molar-refractivity contribution in [3.8, 4) is 12.1 Å². The Balaban J connectivity index is 1.34. The molecule has 0 bridgehead atoms. The molecular formula is C58H38N4O2Si2. The predicted octanol–water partition coefficient (Wildman–Crippen LogP) is 7.96. The van der Waals surface area contributed by atoms with Gasteiger partial charge in [-0.3, -0.25) is 9.59 Å². The highest BCUT2D eigenvalue weighted by Crippen LogP contribution is 2.50. The molecule has 0 N–H and O–H groups in total. The number of hydrogen-bond acceptors (Lipinski definition) is 6. The van der Waals surface area contributed by atoms with E-state index in [1.165, 1.54) is 0 Å². The zero-order valence-corrected chi connectivity index (χ0v) is 38.0. The summed E-state index contributed by atoms with van der Waals surface area (Å²) in [6.07, 6.45) is 0. The van der Waals surface area contributed by atoms with E-state index in [0.717, 1.165) is 53.9 Å². The van der Waals surface area contributed by atoms with Gasteiger partial charge in [0.2, 0.25) is 0 Å². The van der Waals surface area contributed by atoms with E-state index in [0.29, 0.717) is 11.1 Å². The van der Waals surface area contributed by atoms with E-state index < -0.39 is 29.2 Å². The van der Waals surface area contributed by atoms with Crippen molar-refractivity contribution < 1.29 is 9.59 Å². The van der Waals surface area contributed by atoms with Gasteiger partial charge in [-0.1, -0.05) is 194 Å². The molecule has 0 aliphatic carbocycles. The average Bonchev–Trinajstić information content (AvgIpc) is 3.39. The van der Waals surface area contributed by atoms with Crippen LogP contribution in [0, 0.1) is 22.7 Å². The molecule has 9 aromatic carbocycles. The molecule has 0 saturated carbocycles. The van der Waals surface area contributed by atoms with Gasteiger partial charge in [0.15, 0.2) is 19.6 Å². The molecule has 2 aliphatic heterocycles. The third-order valence-electron chi connectivity index (χ3n) is 13.0. The van der Waals surface area contributed by atoms with Crippen LogP contribution >= 0.6 is 0 Å². The van der Waals surface area contributed by atoms with Crippen molar-refractivity contribution in [1.29, 1.82) is 10.5 Å². The number of rotatable bonds is 8. The number of nitrogens with zero attached hydrogens (tertiary/aromatic N) is 4. The van der Waals surface area contributed by atoms with Gasteiger partial charge in [0.25, 0.3) is 0 Å². The number of anilines is 6. The Morgan fingerprint density at radius 1 is 0.394 bits per heavy atom. The van der Waals surface area contributed by atoms with E-state index in [1.54, 1.807) is 48.5 Å². The first kappa shape index (κ1) is 40.1. The minimum atomic E-state index is -3.14. The lowest BCUT2D eigenvalue weighted by atomic mass is 9.84. The molecule has 0 unspecified atom stereocenters. The van der Waals surface area contributed by atoms with Crippen LogP contribution in [-0.4, -0.2) is 29.2 Å². The van der Waals surface area contributed by atoms with Crippen LogP contribution in [0.15, 0.2) is 218 Å². The van der Waals surface area contributed by atoms with Gasteiger partial charge in [0, 0.05) is 33.9 Å². The Morgan fingerprint density at radius 3 is 1.14 bits per heavy atom. The molecule has 8 heteroatoms. The van der Waals surface area contributed by atoms with E-state index in [-0.39, 0.29) is 33.6 Å². The fraction of sp³-hybridized carbons (Fsp3) is 0. The second kappa shape index (κ2) is 16.5. The van der Waals surface area contributed by atoms with Crippen LogP contribution in [0.25, 0.3) is 0 Å². The summed E-state index contributed by atoms with van der Waals surface area (Å²) in [6.45, 7) is 0.